The van der Waals surface area contributed by atoms with Crippen LogP contribution < -0.4 is 5.32 Å². The summed E-state index contributed by atoms with van der Waals surface area (Å²) in [4.78, 5) is 31.6. The van der Waals surface area contributed by atoms with Gasteiger partial charge in [-0.15, -0.1) is 0 Å². The van der Waals surface area contributed by atoms with E-state index in [0.717, 1.165) is 36.0 Å². The van der Waals surface area contributed by atoms with Gasteiger partial charge in [-0.25, -0.2) is 4.79 Å². The van der Waals surface area contributed by atoms with Gasteiger partial charge in [-0.3, -0.25) is 4.79 Å². The quantitative estimate of drug-likeness (QED) is 0.834. The van der Waals surface area contributed by atoms with Crippen molar-refractivity contribution in [3.63, 3.8) is 0 Å². The van der Waals surface area contributed by atoms with E-state index < -0.39 is 0 Å². The number of halogens is 1. The van der Waals surface area contributed by atoms with E-state index in [9.17, 15) is 9.59 Å². The van der Waals surface area contributed by atoms with E-state index in [0.29, 0.717) is 18.1 Å². The molecule has 0 spiro atoms. The van der Waals surface area contributed by atoms with E-state index in [2.05, 4.69) is 10.3 Å². The van der Waals surface area contributed by atoms with E-state index in [-0.39, 0.29) is 24.0 Å². The minimum Gasteiger partial charge on any atom is -0.357 e. The number of urea groups is 1. The number of aromatic amines is 1. The fourth-order valence-corrected chi connectivity index (χ4v) is 3.99. The number of carbonyl (C=O) groups excluding carboxylic acids is 2. The number of nitrogens with zero attached hydrogens (tertiary/aromatic N) is 2. The number of hydrogen-bond acceptors (Lipinski definition) is 2. The third-order valence-electron chi connectivity index (χ3n) is 5.09. The zero-order chi connectivity index (χ0) is 19.6. The van der Waals surface area contributed by atoms with Crippen LogP contribution in [-0.4, -0.2) is 51.9 Å². The number of hydrogen-bond donors (Lipinski definition) is 2. The van der Waals surface area contributed by atoms with Crippen molar-refractivity contribution in [2.75, 3.05) is 13.1 Å². The molecule has 6 nitrogen and oxygen atoms in total. The molecule has 0 aliphatic carbocycles. The minimum absolute atomic E-state index is 0.0455. The fourth-order valence-electron chi connectivity index (χ4n) is 3.81. The number of fused-ring (bicyclic) bond motifs is 1. The van der Waals surface area contributed by atoms with E-state index in [1.54, 1.807) is 6.92 Å². The summed E-state index contributed by atoms with van der Waals surface area (Å²) >= 11 is 6.03. The van der Waals surface area contributed by atoms with Gasteiger partial charge in [-0.05, 0) is 51.0 Å². The maximum absolute atomic E-state index is 12.9. The van der Waals surface area contributed by atoms with Crippen LogP contribution in [0.25, 0.3) is 10.9 Å². The summed E-state index contributed by atoms with van der Waals surface area (Å²) in [5.74, 6) is 0.0700. The van der Waals surface area contributed by atoms with Crippen LogP contribution in [0.4, 0.5) is 4.79 Å². The van der Waals surface area contributed by atoms with Crippen molar-refractivity contribution in [1.82, 2.24) is 20.1 Å². The highest BCUT2D eigenvalue weighted by Gasteiger charge is 2.31. The van der Waals surface area contributed by atoms with E-state index >= 15 is 0 Å². The van der Waals surface area contributed by atoms with Crippen LogP contribution in [0.15, 0.2) is 24.3 Å². The lowest BCUT2D eigenvalue weighted by Gasteiger charge is -2.41. The number of likely N-dealkylation sites (tertiary alicyclic amines) is 1. The molecule has 7 heteroatoms. The molecule has 27 heavy (non-hydrogen) atoms. The van der Waals surface area contributed by atoms with Gasteiger partial charge in [0.1, 0.15) is 0 Å². The van der Waals surface area contributed by atoms with Crippen LogP contribution in [0.5, 0.6) is 0 Å². The van der Waals surface area contributed by atoms with Gasteiger partial charge < -0.3 is 20.1 Å². The molecule has 2 N–H and O–H groups in total. The number of amides is 3. The number of H-pyrrole nitrogens is 1. The molecule has 0 bridgehead atoms. The number of piperidine rings is 1. The SMILES string of the molecule is CC(=O)N1CCC[C@@H](N(C(=O)NCc2cc3cc(Cl)ccc3[nH]2)C(C)C)C1. The Morgan fingerprint density at radius 2 is 2.15 bits per heavy atom. The number of aromatic nitrogens is 1. The van der Waals surface area contributed by atoms with Crippen molar-refractivity contribution in [1.29, 1.82) is 0 Å². The molecule has 1 aliphatic heterocycles. The largest absolute Gasteiger partial charge is 0.357 e. The van der Waals surface area contributed by atoms with Crippen LogP contribution >= 0.6 is 11.6 Å². The molecule has 1 fully saturated rings. The summed E-state index contributed by atoms with van der Waals surface area (Å²) in [6.07, 6.45) is 1.84. The second-order valence-corrected chi connectivity index (χ2v) is 7.88. The van der Waals surface area contributed by atoms with Crippen LogP contribution in [0, 0.1) is 0 Å². The predicted molar refractivity (Wildman–Crippen MR) is 108 cm³/mol. The first kappa shape index (κ1) is 19.5. The highest BCUT2D eigenvalue weighted by atomic mass is 35.5. The molecule has 1 aromatic heterocycles. The molecule has 0 unspecified atom stereocenters. The Morgan fingerprint density at radius 3 is 2.85 bits per heavy atom. The second-order valence-electron chi connectivity index (χ2n) is 7.45. The fraction of sp³-hybridized carbons (Fsp3) is 0.500. The first-order valence-corrected chi connectivity index (χ1v) is 9.81. The van der Waals surface area contributed by atoms with Gasteiger partial charge in [-0.1, -0.05) is 11.6 Å². The summed E-state index contributed by atoms with van der Waals surface area (Å²) in [7, 11) is 0. The lowest BCUT2D eigenvalue weighted by molar-refractivity contribution is -0.130. The summed E-state index contributed by atoms with van der Waals surface area (Å²) in [5, 5.41) is 4.73. The molecule has 146 valence electrons. The number of rotatable bonds is 4. The number of carbonyl (C=O) groups is 2. The first-order chi connectivity index (χ1) is 12.8. The van der Waals surface area contributed by atoms with Crippen molar-refractivity contribution < 1.29 is 9.59 Å². The van der Waals surface area contributed by atoms with Gasteiger partial charge in [0.15, 0.2) is 0 Å². The van der Waals surface area contributed by atoms with Gasteiger partial charge in [0.25, 0.3) is 0 Å². The van der Waals surface area contributed by atoms with Crippen molar-refractivity contribution in [3.05, 3.63) is 35.0 Å². The Hall–Kier alpha value is -2.21. The van der Waals surface area contributed by atoms with E-state index in [1.807, 2.05) is 47.9 Å². The number of benzene rings is 1. The average molecular weight is 391 g/mol. The lowest BCUT2D eigenvalue weighted by Crippen LogP contribution is -2.56. The topological polar surface area (TPSA) is 68.4 Å². The molecule has 1 atom stereocenters. The molecular weight excluding hydrogens is 364 g/mol. The normalized spacial score (nSPS) is 17.4. The minimum atomic E-state index is -0.0999. The van der Waals surface area contributed by atoms with Crippen LogP contribution in [0.3, 0.4) is 0 Å². The summed E-state index contributed by atoms with van der Waals surface area (Å²) in [6.45, 7) is 7.40. The highest BCUT2D eigenvalue weighted by Crippen LogP contribution is 2.21. The Bertz CT molecular complexity index is 832. The van der Waals surface area contributed by atoms with Gasteiger partial charge >= 0.3 is 6.03 Å². The van der Waals surface area contributed by atoms with Gasteiger partial charge in [0, 0.05) is 47.7 Å². The molecule has 3 rings (SSSR count). The molecule has 1 aromatic carbocycles. The summed E-state index contributed by atoms with van der Waals surface area (Å²) in [6, 6.07) is 7.68. The molecule has 2 aromatic rings. The maximum Gasteiger partial charge on any atom is 0.318 e. The molecule has 0 saturated carbocycles. The predicted octanol–water partition coefficient (Wildman–Crippen LogP) is 3.75. The van der Waals surface area contributed by atoms with Crippen LogP contribution in [0.2, 0.25) is 5.02 Å². The Kier molecular flexibility index (Phi) is 5.95. The Balaban J connectivity index is 1.66. The summed E-state index contributed by atoms with van der Waals surface area (Å²) in [5.41, 5.74) is 1.92. The maximum atomic E-state index is 12.9. The molecule has 2 heterocycles. The summed E-state index contributed by atoms with van der Waals surface area (Å²) < 4.78 is 0. The van der Waals surface area contributed by atoms with Crippen molar-refractivity contribution in [2.24, 2.45) is 0 Å². The average Bonchev–Trinajstić information content (AvgIpc) is 3.02. The van der Waals surface area contributed by atoms with E-state index in [1.165, 1.54) is 0 Å². The van der Waals surface area contributed by atoms with Gasteiger partial charge in [-0.2, -0.15) is 0 Å². The third kappa shape index (κ3) is 4.56. The molecule has 3 amide bonds. The van der Waals surface area contributed by atoms with Crippen molar-refractivity contribution >= 4 is 34.4 Å². The smallest absolute Gasteiger partial charge is 0.318 e. The van der Waals surface area contributed by atoms with E-state index in [4.69, 9.17) is 11.6 Å². The van der Waals surface area contributed by atoms with Crippen molar-refractivity contribution in [3.8, 4) is 0 Å². The molecule has 0 radical (unpaired) electrons. The van der Waals surface area contributed by atoms with Gasteiger partial charge in [0.05, 0.1) is 12.6 Å². The second kappa shape index (κ2) is 8.21. The molecule has 1 aliphatic rings. The third-order valence-corrected chi connectivity index (χ3v) is 5.33. The van der Waals surface area contributed by atoms with Crippen LogP contribution in [-0.2, 0) is 11.3 Å². The van der Waals surface area contributed by atoms with Gasteiger partial charge in [0.2, 0.25) is 5.91 Å². The van der Waals surface area contributed by atoms with Crippen molar-refractivity contribution in [2.45, 2.75) is 52.2 Å². The molecule has 1 saturated heterocycles. The Labute approximate surface area is 164 Å². The Morgan fingerprint density at radius 1 is 1.37 bits per heavy atom. The highest BCUT2D eigenvalue weighted by molar-refractivity contribution is 6.31. The molecular formula is C20H27ClN4O2. The standard InChI is InChI=1S/C20H27ClN4O2/c1-13(2)25(18-5-4-8-24(12-18)14(3)26)20(27)22-11-17-10-15-9-16(21)6-7-19(15)23-17/h6-7,9-10,13,18,23H,4-5,8,11-12H2,1-3H3,(H,22,27)/t18-/m1/s1. The first-order valence-electron chi connectivity index (χ1n) is 9.44. The monoisotopic (exact) mass is 390 g/mol. The zero-order valence-electron chi connectivity index (χ0n) is 16.1. The number of nitrogens with one attached hydrogen (secondary N) is 2. The van der Waals surface area contributed by atoms with Crippen LogP contribution in [0.1, 0.15) is 39.3 Å². The zero-order valence-corrected chi connectivity index (χ0v) is 16.8. The lowest BCUT2D eigenvalue weighted by atomic mass is 10.0.